The van der Waals surface area contributed by atoms with E-state index in [1.54, 1.807) is 0 Å². The van der Waals surface area contributed by atoms with Crippen LogP contribution in [-0.4, -0.2) is 18.2 Å². The molecular formula is C11H13F2NO. The minimum Gasteiger partial charge on any atom is -0.384 e. The van der Waals surface area contributed by atoms with Gasteiger partial charge < -0.3 is 10.4 Å². The fraction of sp³-hybridized carbons (Fsp3) is 0.455. The summed E-state index contributed by atoms with van der Waals surface area (Å²) in [5.74, 6) is -1.08. The van der Waals surface area contributed by atoms with E-state index in [-0.39, 0.29) is 12.1 Å². The molecule has 2 nitrogen and oxygen atoms in total. The first-order valence-electron chi connectivity index (χ1n) is 5.00. The van der Waals surface area contributed by atoms with Crippen LogP contribution < -0.4 is 5.32 Å². The Labute approximate surface area is 86.9 Å². The van der Waals surface area contributed by atoms with Crippen LogP contribution >= 0.6 is 0 Å². The van der Waals surface area contributed by atoms with Gasteiger partial charge in [0.05, 0.1) is 0 Å². The Morgan fingerprint density at radius 1 is 1.33 bits per heavy atom. The normalized spacial score (nSPS) is 26.6. The van der Waals surface area contributed by atoms with Crippen molar-refractivity contribution < 1.29 is 13.9 Å². The second kappa shape index (κ2) is 3.87. The molecule has 0 spiro atoms. The maximum Gasteiger partial charge on any atom is 0.129 e. The summed E-state index contributed by atoms with van der Waals surface area (Å²) in [5.41, 5.74) is -1.22. The quantitative estimate of drug-likeness (QED) is 0.741. The highest BCUT2D eigenvalue weighted by atomic mass is 19.1. The fourth-order valence-corrected chi connectivity index (χ4v) is 1.97. The van der Waals surface area contributed by atoms with Crippen LogP contribution in [0.15, 0.2) is 18.2 Å². The molecule has 1 aromatic carbocycles. The molecule has 1 saturated heterocycles. The van der Waals surface area contributed by atoms with Gasteiger partial charge in [0.1, 0.15) is 17.2 Å². The average molecular weight is 213 g/mol. The first-order valence-corrected chi connectivity index (χ1v) is 5.00. The monoisotopic (exact) mass is 213 g/mol. The van der Waals surface area contributed by atoms with Crippen molar-refractivity contribution in [2.45, 2.75) is 18.4 Å². The molecule has 1 aliphatic rings. The van der Waals surface area contributed by atoms with Crippen molar-refractivity contribution in [2.24, 2.45) is 0 Å². The summed E-state index contributed by atoms with van der Waals surface area (Å²) in [6.07, 6.45) is 1.22. The van der Waals surface area contributed by atoms with Crippen molar-refractivity contribution in [3.63, 3.8) is 0 Å². The zero-order valence-electron chi connectivity index (χ0n) is 8.26. The molecule has 0 saturated carbocycles. The van der Waals surface area contributed by atoms with Crippen LogP contribution in [-0.2, 0) is 5.60 Å². The number of benzene rings is 1. The maximum atomic E-state index is 13.4. The molecule has 82 valence electrons. The molecule has 0 aromatic heterocycles. The third-order valence-electron chi connectivity index (χ3n) is 2.79. The van der Waals surface area contributed by atoms with Gasteiger partial charge in [-0.2, -0.15) is 0 Å². The third-order valence-corrected chi connectivity index (χ3v) is 2.79. The van der Waals surface area contributed by atoms with Gasteiger partial charge in [0, 0.05) is 12.1 Å². The van der Waals surface area contributed by atoms with Crippen molar-refractivity contribution in [3.8, 4) is 0 Å². The predicted octanol–water partition coefficient (Wildman–Crippen LogP) is 1.54. The highest BCUT2D eigenvalue weighted by Gasteiger charge is 2.33. The molecule has 15 heavy (non-hydrogen) atoms. The smallest absolute Gasteiger partial charge is 0.129 e. The van der Waals surface area contributed by atoms with Crippen LogP contribution in [0.1, 0.15) is 18.4 Å². The van der Waals surface area contributed by atoms with E-state index < -0.39 is 17.2 Å². The molecule has 0 aliphatic carbocycles. The number of rotatable bonds is 1. The van der Waals surface area contributed by atoms with Crippen LogP contribution in [0.25, 0.3) is 0 Å². The molecule has 2 rings (SSSR count). The number of piperidine rings is 1. The Bertz CT molecular complexity index is 362. The molecule has 1 unspecified atom stereocenters. The van der Waals surface area contributed by atoms with Crippen molar-refractivity contribution in [2.75, 3.05) is 13.1 Å². The van der Waals surface area contributed by atoms with Crippen molar-refractivity contribution in [1.29, 1.82) is 0 Å². The number of halogens is 2. The number of nitrogens with one attached hydrogen (secondary N) is 1. The molecule has 0 amide bonds. The third kappa shape index (κ3) is 2.01. The van der Waals surface area contributed by atoms with E-state index in [2.05, 4.69) is 5.32 Å². The summed E-state index contributed by atoms with van der Waals surface area (Å²) in [4.78, 5) is 0. The number of hydrogen-bond donors (Lipinski definition) is 2. The molecule has 0 radical (unpaired) electrons. The van der Waals surface area contributed by atoms with E-state index in [1.807, 2.05) is 0 Å². The summed E-state index contributed by atoms with van der Waals surface area (Å²) in [6, 6.07) is 3.18. The Hall–Kier alpha value is -1.00. The maximum absolute atomic E-state index is 13.4. The fourth-order valence-electron chi connectivity index (χ4n) is 1.97. The number of aliphatic hydroxyl groups is 1. The zero-order valence-corrected chi connectivity index (χ0v) is 8.26. The average Bonchev–Trinajstić information content (AvgIpc) is 2.23. The van der Waals surface area contributed by atoms with E-state index in [0.717, 1.165) is 31.2 Å². The van der Waals surface area contributed by atoms with Crippen LogP contribution in [0, 0.1) is 11.6 Å². The van der Waals surface area contributed by atoms with Gasteiger partial charge in [-0.05, 0) is 37.6 Å². The summed E-state index contributed by atoms with van der Waals surface area (Å²) >= 11 is 0. The Balaban J connectivity index is 2.38. The molecule has 1 heterocycles. The van der Waals surface area contributed by atoms with Crippen LogP contribution in [0.5, 0.6) is 0 Å². The molecule has 1 aliphatic heterocycles. The molecule has 1 aromatic rings. The topological polar surface area (TPSA) is 32.3 Å². The Kier molecular flexibility index (Phi) is 2.71. The summed E-state index contributed by atoms with van der Waals surface area (Å²) in [7, 11) is 0. The highest BCUT2D eigenvalue weighted by Crippen LogP contribution is 2.30. The lowest BCUT2D eigenvalue weighted by Gasteiger charge is -2.33. The molecule has 1 atom stereocenters. The number of β-amino-alcohol motifs (C(OH)–C–C–N with tert-alkyl or cyclic N) is 1. The van der Waals surface area contributed by atoms with Gasteiger partial charge in [0.2, 0.25) is 0 Å². The standard InChI is InChI=1S/C11H13F2NO/c12-8-2-3-10(13)9(6-8)11(15)4-1-5-14-7-11/h2-3,6,14-15H,1,4-5,7H2. The van der Waals surface area contributed by atoms with Crippen LogP contribution in [0.3, 0.4) is 0 Å². The Morgan fingerprint density at radius 2 is 2.13 bits per heavy atom. The highest BCUT2D eigenvalue weighted by molar-refractivity contribution is 5.26. The van der Waals surface area contributed by atoms with Gasteiger partial charge >= 0.3 is 0 Å². The zero-order chi connectivity index (χ0) is 10.9. The lowest BCUT2D eigenvalue weighted by atomic mass is 9.86. The van der Waals surface area contributed by atoms with E-state index >= 15 is 0 Å². The van der Waals surface area contributed by atoms with Gasteiger partial charge in [-0.1, -0.05) is 0 Å². The summed E-state index contributed by atoms with van der Waals surface area (Å²) in [6.45, 7) is 1.08. The second-order valence-corrected chi connectivity index (χ2v) is 3.94. The summed E-state index contributed by atoms with van der Waals surface area (Å²) in [5, 5.41) is 13.2. The predicted molar refractivity (Wildman–Crippen MR) is 52.4 cm³/mol. The van der Waals surface area contributed by atoms with Crippen molar-refractivity contribution >= 4 is 0 Å². The van der Waals surface area contributed by atoms with Crippen molar-refractivity contribution in [1.82, 2.24) is 5.32 Å². The number of hydrogen-bond acceptors (Lipinski definition) is 2. The lowest BCUT2D eigenvalue weighted by molar-refractivity contribution is 0.00880. The van der Waals surface area contributed by atoms with E-state index in [0.29, 0.717) is 6.42 Å². The molecular weight excluding hydrogens is 200 g/mol. The minimum atomic E-state index is -1.27. The van der Waals surface area contributed by atoms with Crippen LogP contribution in [0.2, 0.25) is 0 Å². The van der Waals surface area contributed by atoms with Gasteiger partial charge in [0.15, 0.2) is 0 Å². The second-order valence-electron chi connectivity index (χ2n) is 3.94. The van der Waals surface area contributed by atoms with Gasteiger partial charge in [0.25, 0.3) is 0 Å². The summed E-state index contributed by atoms with van der Waals surface area (Å²) < 4.78 is 26.4. The molecule has 1 fully saturated rings. The SMILES string of the molecule is OC1(c2cc(F)ccc2F)CCCNC1. The van der Waals surface area contributed by atoms with E-state index in [4.69, 9.17) is 0 Å². The first kappa shape index (κ1) is 10.5. The largest absolute Gasteiger partial charge is 0.384 e. The Morgan fingerprint density at radius 3 is 2.80 bits per heavy atom. The van der Waals surface area contributed by atoms with Gasteiger partial charge in [-0.3, -0.25) is 0 Å². The molecule has 2 N–H and O–H groups in total. The van der Waals surface area contributed by atoms with Gasteiger partial charge in [-0.15, -0.1) is 0 Å². The molecule has 4 heteroatoms. The molecule has 0 bridgehead atoms. The first-order chi connectivity index (χ1) is 7.12. The van der Waals surface area contributed by atoms with E-state index in [9.17, 15) is 13.9 Å². The van der Waals surface area contributed by atoms with Crippen LogP contribution in [0.4, 0.5) is 8.78 Å². The van der Waals surface area contributed by atoms with Gasteiger partial charge in [-0.25, -0.2) is 8.78 Å². The minimum absolute atomic E-state index is 0.0506. The lowest BCUT2D eigenvalue weighted by Crippen LogP contribution is -2.43. The van der Waals surface area contributed by atoms with Crippen molar-refractivity contribution in [3.05, 3.63) is 35.4 Å². The van der Waals surface area contributed by atoms with E-state index in [1.165, 1.54) is 0 Å².